The molecule has 0 radical (unpaired) electrons. The fraction of sp³-hybridized carbons (Fsp3) is 0.375. The molecule has 0 aliphatic rings. The Balaban J connectivity index is 2.25. The molecule has 142 valence electrons. The van der Waals surface area contributed by atoms with Gasteiger partial charge in [-0.1, -0.05) is 6.07 Å². The Morgan fingerprint density at radius 2 is 1.92 bits per heavy atom. The Kier molecular flexibility index (Phi) is 6.76. The van der Waals surface area contributed by atoms with Crippen molar-refractivity contribution in [3.63, 3.8) is 0 Å². The number of halogens is 5. The first kappa shape index (κ1) is 20.4. The van der Waals surface area contributed by atoms with Gasteiger partial charge in [0.1, 0.15) is 16.2 Å². The standard InChI is InChI=1S/C16H16BrF4N3O2/c1-8(15(20)21)22-6-5-9-13(16(25)26)23-24(14(9)17)7-10-11(18)3-2-4-12(10)19/h2-4,8,15,22H,5-7H2,1H3,(H,25,26). The van der Waals surface area contributed by atoms with E-state index >= 15 is 0 Å². The molecule has 0 fully saturated rings. The Bertz CT molecular complexity index is 778. The summed E-state index contributed by atoms with van der Waals surface area (Å²) in [5.74, 6) is -2.88. The van der Waals surface area contributed by atoms with Gasteiger partial charge in [-0.25, -0.2) is 22.4 Å². The number of carboxylic acids is 1. The van der Waals surface area contributed by atoms with Crippen LogP contribution >= 0.6 is 15.9 Å². The quantitative estimate of drug-likeness (QED) is 0.620. The third-order valence-electron chi connectivity index (χ3n) is 3.77. The Labute approximate surface area is 155 Å². The summed E-state index contributed by atoms with van der Waals surface area (Å²) < 4.78 is 54.0. The summed E-state index contributed by atoms with van der Waals surface area (Å²) in [4.78, 5) is 11.4. The van der Waals surface area contributed by atoms with Gasteiger partial charge in [0, 0.05) is 11.1 Å². The minimum Gasteiger partial charge on any atom is -0.476 e. The lowest BCUT2D eigenvalue weighted by atomic mass is 10.1. The summed E-state index contributed by atoms with van der Waals surface area (Å²) >= 11 is 3.19. The molecule has 2 aromatic rings. The van der Waals surface area contributed by atoms with Gasteiger partial charge in [0.05, 0.1) is 12.6 Å². The van der Waals surface area contributed by atoms with Crippen molar-refractivity contribution in [2.75, 3.05) is 6.54 Å². The number of aromatic carboxylic acids is 1. The molecule has 0 bridgehead atoms. The number of nitrogens with zero attached hydrogens (tertiary/aromatic N) is 2. The first-order valence-electron chi connectivity index (χ1n) is 7.65. The molecule has 1 aromatic heterocycles. The number of alkyl halides is 2. The second-order valence-corrected chi connectivity index (χ2v) is 6.36. The van der Waals surface area contributed by atoms with Crippen molar-refractivity contribution in [1.29, 1.82) is 0 Å². The third kappa shape index (κ3) is 4.61. The summed E-state index contributed by atoms with van der Waals surface area (Å²) in [5.41, 5.74) is -0.313. The molecule has 1 unspecified atom stereocenters. The van der Waals surface area contributed by atoms with Crippen LogP contribution in [0.1, 0.15) is 28.5 Å². The van der Waals surface area contributed by atoms with Crippen LogP contribution in [0.25, 0.3) is 0 Å². The van der Waals surface area contributed by atoms with Gasteiger partial charge in [-0.15, -0.1) is 0 Å². The second kappa shape index (κ2) is 8.63. The normalized spacial score (nSPS) is 12.6. The van der Waals surface area contributed by atoms with E-state index in [1.54, 1.807) is 0 Å². The highest BCUT2D eigenvalue weighted by molar-refractivity contribution is 9.10. The van der Waals surface area contributed by atoms with Crippen LogP contribution in [0.5, 0.6) is 0 Å². The van der Waals surface area contributed by atoms with E-state index in [1.807, 2.05) is 0 Å². The van der Waals surface area contributed by atoms with Crippen molar-refractivity contribution in [2.45, 2.75) is 32.4 Å². The summed E-state index contributed by atoms with van der Waals surface area (Å²) in [6.45, 7) is 1.08. The van der Waals surface area contributed by atoms with Gasteiger partial charge in [-0.2, -0.15) is 5.10 Å². The average molecular weight is 438 g/mol. The number of nitrogens with one attached hydrogen (secondary N) is 1. The van der Waals surface area contributed by atoms with Gasteiger partial charge in [-0.3, -0.25) is 4.68 Å². The number of hydrogen-bond donors (Lipinski definition) is 2. The van der Waals surface area contributed by atoms with Crippen LogP contribution in [0.2, 0.25) is 0 Å². The van der Waals surface area contributed by atoms with Gasteiger partial charge in [-0.05, 0) is 48.0 Å². The maximum Gasteiger partial charge on any atom is 0.356 e. The van der Waals surface area contributed by atoms with Crippen molar-refractivity contribution in [2.24, 2.45) is 0 Å². The van der Waals surface area contributed by atoms with Crippen LogP contribution in [0, 0.1) is 11.6 Å². The maximum absolute atomic E-state index is 13.8. The maximum atomic E-state index is 13.8. The second-order valence-electron chi connectivity index (χ2n) is 5.61. The summed E-state index contributed by atoms with van der Waals surface area (Å²) in [5, 5.41) is 15.8. The molecule has 2 rings (SSSR count). The van der Waals surface area contributed by atoms with E-state index < -0.39 is 30.1 Å². The smallest absolute Gasteiger partial charge is 0.356 e. The summed E-state index contributed by atoms with van der Waals surface area (Å²) in [6.07, 6.45) is -2.46. The van der Waals surface area contributed by atoms with Crippen LogP contribution in [0.3, 0.4) is 0 Å². The number of aromatic nitrogens is 2. The van der Waals surface area contributed by atoms with Crippen molar-refractivity contribution < 1.29 is 27.5 Å². The number of rotatable bonds is 8. The molecular weight excluding hydrogens is 422 g/mol. The first-order valence-corrected chi connectivity index (χ1v) is 8.44. The van der Waals surface area contributed by atoms with Crippen molar-refractivity contribution >= 4 is 21.9 Å². The Morgan fingerprint density at radius 1 is 1.31 bits per heavy atom. The van der Waals surface area contributed by atoms with Gasteiger partial charge < -0.3 is 10.4 Å². The minimum atomic E-state index is -2.55. The predicted molar refractivity (Wildman–Crippen MR) is 89.5 cm³/mol. The largest absolute Gasteiger partial charge is 0.476 e. The van der Waals surface area contributed by atoms with E-state index in [2.05, 4.69) is 26.3 Å². The van der Waals surface area contributed by atoms with Crippen molar-refractivity contribution in [1.82, 2.24) is 15.1 Å². The Hall–Kier alpha value is -1.94. The zero-order valence-corrected chi connectivity index (χ0v) is 15.2. The molecule has 0 aliphatic carbocycles. The summed E-state index contributed by atoms with van der Waals surface area (Å²) in [6, 6.07) is 2.34. The fourth-order valence-electron chi connectivity index (χ4n) is 2.32. The van der Waals surface area contributed by atoms with Crippen LogP contribution in [-0.4, -0.2) is 39.9 Å². The molecule has 10 heteroatoms. The van der Waals surface area contributed by atoms with E-state index in [1.165, 1.54) is 13.0 Å². The molecule has 1 aromatic carbocycles. The van der Waals surface area contributed by atoms with Gasteiger partial charge in [0.2, 0.25) is 0 Å². The van der Waals surface area contributed by atoms with E-state index in [-0.39, 0.29) is 40.9 Å². The van der Waals surface area contributed by atoms with Crippen molar-refractivity contribution in [3.8, 4) is 0 Å². The molecule has 26 heavy (non-hydrogen) atoms. The number of carboxylic acid groups (broad SMARTS) is 1. The minimum absolute atomic E-state index is 0.0874. The fourth-order valence-corrected chi connectivity index (χ4v) is 2.91. The van der Waals surface area contributed by atoms with Crippen LogP contribution in [0.15, 0.2) is 22.8 Å². The lowest BCUT2D eigenvalue weighted by Crippen LogP contribution is -2.34. The third-order valence-corrected chi connectivity index (χ3v) is 4.66. The molecule has 1 atom stereocenters. The molecular formula is C16H16BrF4N3O2. The number of hydrogen-bond acceptors (Lipinski definition) is 3. The molecule has 0 saturated carbocycles. The summed E-state index contributed by atoms with van der Waals surface area (Å²) in [7, 11) is 0. The van der Waals surface area contributed by atoms with Crippen molar-refractivity contribution in [3.05, 3.63) is 51.3 Å². The van der Waals surface area contributed by atoms with E-state index in [9.17, 15) is 27.5 Å². The molecule has 0 spiro atoms. The molecule has 0 aliphatic heterocycles. The highest BCUT2D eigenvalue weighted by Crippen LogP contribution is 2.24. The highest BCUT2D eigenvalue weighted by atomic mass is 79.9. The lowest BCUT2D eigenvalue weighted by molar-refractivity contribution is 0.0688. The molecule has 1 heterocycles. The monoisotopic (exact) mass is 437 g/mol. The van der Waals surface area contributed by atoms with E-state index in [0.29, 0.717) is 0 Å². The molecule has 2 N–H and O–H groups in total. The zero-order valence-electron chi connectivity index (χ0n) is 13.6. The molecule has 5 nitrogen and oxygen atoms in total. The van der Waals surface area contributed by atoms with Gasteiger partial charge in [0.25, 0.3) is 6.43 Å². The zero-order chi connectivity index (χ0) is 19.4. The Morgan fingerprint density at radius 3 is 2.46 bits per heavy atom. The van der Waals surface area contributed by atoms with E-state index in [4.69, 9.17) is 0 Å². The van der Waals surface area contributed by atoms with E-state index in [0.717, 1.165) is 16.8 Å². The lowest BCUT2D eigenvalue weighted by Gasteiger charge is -2.12. The van der Waals surface area contributed by atoms with Gasteiger partial charge in [0.15, 0.2) is 5.69 Å². The number of carbonyl (C=O) groups is 1. The topological polar surface area (TPSA) is 67.2 Å². The van der Waals surface area contributed by atoms with Crippen LogP contribution in [-0.2, 0) is 13.0 Å². The molecule has 0 saturated heterocycles. The SMILES string of the molecule is CC(NCCc1c(C(=O)O)nn(Cc2c(F)cccc2F)c1Br)C(F)F. The first-order chi connectivity index (χ1) is 12.2. The highest BCUT2D eigenvalue weighted by Gasteiger charge is 2.23. The van der Waals surface area contributed by atoms with Crippen LogP contribution in [0.4, 0.5) is 17.6 Å². The van der Waals surface area contributed by atoms with Gasteiger partial charge >= 0.3 is 5.97 Å². The van der Waals surface area contributed by atoms with Crippen LogP contribution < -0.4 is 5.32 Å². The number of benzene rings is 1. The average Bonchev–Trinajstić information content (AvgIpc) is 2.87. The predicted octanol–water partition coefficient (Wildman–Crippen LogP) is 3.46. The molecule has 0 amide bonds.